The maximum atomic E-state index is 13.4. The number of rotatable bonds is 8. The van der Waals surface area contributed by atoms with Crippen molar-refractivity contribution in [3.8, 4) is 5.75 Å². The Morgan fingerprint density at radius 3 is 1.97 bits per heavy atom. The van der Waals surface area contributed by atoms with Crippen LogP contribution in [0.5, 0.6) is 5.75 Å². The van der Waals surface area contributed by atoms with E-state index >= 15 is 0 Å². The lowest BCUT2D eigenvalue weighted by molar-refractivity contribution is -0.119. The van der Waals surface area contributed by atoms with E-state index in [9.17, 15) is 18.0 Å². The minimum Gasteiger partial charge on any atom is -0.497 e. The third-order valence-corrected chi connectivity index (χ3v) is 7.01. The largest absolute Gasteiger partial charge is 0.497 e. The van der Waals surface area contributed by atoms with E-state index in [0.717, 1.165) is 0 Å². The van der Waals surface area contributed by atoms with Crippen LogP contribution in [0.15, 0.2) is 89.8 Å². The van der Waals surface area contributed by atoms with Crippen LogP contribution in [0.1, 0.15) is 18.0 Å². The van der Waals surface area contributed by atoms with Crippen molar-refractivity contribution < 1.29 is 22.7 Å². The molecule has 1 atom stereocenters. The molecule has 0 aromatic heterocycles. The molecule has 33 heavy (non-hydrogen) atoms. The fourth-order valence-corrected chi connectivity index (χ4v) is 4.91. The third-order valence-electron chi connectivity index (χ3n) is 5.19. The summed E-state index contributed by atoms with van der Waals surface area (Å²) in [5.74, 6) is 0.235. The van der Waals surface area contributed by atoms with Crippen LogP contribution in [-0.4, -0.2) is 38.8 Å². The van der Waals surface area contributed by atoms with E-state index in [0.29, 0.717) is 21.3 Å². The lowest BCUT2D eigenvalue weighted by atomic mass is 10.0. The summed E-state index contributed by atoms with van der Waals surface area (Å²) in [6.45, 7) is 0. The Bertz CT molecular complexity index is 1200. The van der Waals surface area contributed by atoms with E-state index in [2.05, 4.69) is 0 Å². The number of amides is 3. The molecule has 0 aliphatic carbocycles. The van der Waals surface area contributed by atoms with Gasteiger partial charge in [-0.05, 0) is 42.0 Å². The predicted octanol–water partition coefficient (Wildman–Crippen LogP) is 3.56. The maximum Gasteiger partial charge on any atom is 0.329 e. The van der Waals surface area contributed by atoms with Crippen molar-refractivity contribution in [3.63, 3.8) is 0 Å². The molecule has 0 aliphatic rings. The molecule has 0 heterocycles. The molecule has 0 spiro atoms. The number of methoxy groups -OCH3 is 1. The van der Waals surface area contributed by atoms with Gasteiger partial charge in [-0.2, -0.15) is 0 Å². The molecule has 3 rings (SSSR count). The second-order valence-corrected chi connectivity index (χ2v) is 9.05. The second kappa shape index (κ2) is 10.2. The summed E-state index contributed by atoms with van der Waals surface area (Å²) in [5, 5.41) is 0. The van der Waals surface area contributed by atoms with Gasteiger partial charge < -0.3 is 15.4 Å². The molecular weight excluding hydrogens is 442 g/mol. The Kier molecular flexibility index (Phi) is 7.34. The molecule has 3 aromatic rings. The molecule has 2 N–H and O–H groups in total. The average Bonchev–Trinajstić information content (AvgIpc) is 2.84. The van der Waals surface area contributed by atoms with Crippen molar-refractivity contribution >= 4 is 27.6 Å². The number of ether oxygens (including phenoxy) is 1. The summed E-state index contributed by atoms with van der Waals surface area (Å²) < 4.78 is 32.5. The van der Waals surface area contributed by atoms with Gasteiger partial charge in [0.15, 0.2) is 0 Å². The van der Waals surface area contributed by atoms with Crippen molar-refractivity contribution in [2.24, 2.45) is 5.73 Å². The first-order valence-corrected chi connectivity index (χ1v) is 11.5. The number of primary amides is 1. The van der Waals surface area contributed by atoms with Crippen LogP contribution in [0.4, 0.5) is 10.5 Å². The molecular formula is C24H25N3O5S. The predicted molar refractivity (Wildman–Crippen MR) is 125 cm³/mol. The molecule has 0 aliphatic heterocycles. The highest BCUT2D eigenvalue weighted by atomic mass is 32.2. The van der Waals surface area contributed by atoms with Crippen molar-refractivity contribution in [3.05, 3.63) is 90.5 Å². The Labute approximate surface area is 193 Å². The summed E-state index contributed by atoms with van der Waals surface area (Å²) in [7, 11) is -1.20. The Hall–Kier alpha value is -3.85. The number of hydrogen-bond donors (Lipinski definition) is 1. The van der Waals surface area contributed by atoms with Crippen molar-refractivity contribution in [1.82, 2.24) is 4.31 Å². The van der Waals surface area contributed by atoms with E-state index in [1.165, 1.54) is 17.0 Å². The highest BCUT2D eigenvalue weighted by Gasteiger charge is 2.37. The van der Waals surface area contributed by atoms with E-state index in [1.807, 2.05) is 0 Å². The van der Waals surface area contributed by atoms with Crippen LogP contribution in [0, 0.1) is 0 Å². The van der Waals surface area contributed by atoms with Gasteiger partial charge in [0.1, 0.15) is 5.75 Å². The van der Waals surface area contributed by atoms with E-state index in [-0.39, 0.29) is 11.3 Å². The summed E-state index contributed by atoms with van der Waals surface area (Å²) in [4.78, 5) is 26.9. The minimum absolute atomic E-state index is 0.0966. The lowest BCUT2D eigenvalue weighted by Gasteiger charge is -2.31. The molecule has 0 saturated heterocycles. The first-order chi connectivity index (χ1) is 15.8. The molecule has 172 valence electrons. The van der Waals surface area contributed by atoms with Gasteiger partial charge in [-0.3, -0.25) is 4.79 Å². The Morgan fingerprint density at radius 2 is 1.45 bits per heavy atom. The highest BCUT2D eigenvalue weighted by Crippen LogP contribution is 2.31. The highest BCUT2D eigenvalue weighted by molar-refractivity contribution is 7.89. The van der Waals surface area contributed by atoms with Gasteiger partial charge in [0.25, 0.3) is 10.0 Å². The van der Waals surface area contributed by atoms with Gasteiger partial charge in [-0.1, -0.05) is 48.5 Å². The SMILES string of the molecule is COc1ccc(N(C)C(=O)C[C@@H](c2ccccc2)N(C(N)=O)S(=O)(=O)c2ccccc2)cc1. The zero-order chi connectivity index (χ0) is 24.0. The van der Waals surface area contributed by atoms with Gasteiger partial charge in [-0.15, -0.1) is 0 Å². The number of carbonyl (C=O) groups excluding carboxylic acids is 2. The fraction of sp³-hybridized carbons (Fsp3) is 0.167. The van der Waals surface area contributed by atoms with Crippen molar-refractivity contribution in [1.29, 1.82) is 0 Å². The maximum absolute atomic E-state index is 13.4. The summed E-state index contributed by atoms with van der Waals surface area (Å²) in [5.41, 5.74) is 6.61. The number of urea groups is 1. The number of anilines is 1. The van der Waals surface area contributed by atoms with Crippen molar-refractivity contribution in [2.45, 2.75) is 17.4 Å². The van der Waals surface area contributed by atoms with Crippen LogP contribution >= 0.6 is 0 Å². The number of benzene rings is 3. The molecule has 0 bridgehead atoms. The Balaban J connectivity index is 2.00. The van der Waals surface area contributed by atoms with Gasteiger partial charge in [-0.25, -0.2) is 17.5 Å². The van der Waals surface area contributed by atoms with Gasteiger partial charge in [0.2, 0.25) is 5.91 Å². The van der Waals surface area contributed by atoms with Gasteiger partial charge in [0.05, 0.1) is 24.5 Å². The van der Waals surface area contributed by atoms with Crippen LogP contribution in [0.2, 0.25) is 0 Å². The second-order valence-electron chi connectivity index (χ2n) is 7.23. The number of sulfonamides is 1. The zero-order valence-electron chi connectivity index (χ0n) is 18.3. The van der Waals surface area contributed by atoms with E-state index < -0.39 is 28.0 Å². The fourth-order valence-electron chi connectivity index (χ4n) is 3.41. The van der Waals surface area contributed by atoms with Crippen LogP contribution in [0.3, 0.4) is 0 Å². The summed E-state index contributed by atoms with van der Waals surface area (Å²) >= 11 is 0. The van der Waals surface area contributed by atoms with Gasteiger partial charge >= 0.3 is 6.03 Å². The van der Waals surface area contributed by atoms with Crippen LogP contribution in [0.25, 0.3) is 0 Å². The van der Waals surface area contributed by atoms with E-state index in [4.69, 9.17) is 10.5 Å². The minimum atomic E-state index is -4.32. The molecule has 8 nitrogen and oxygen atoms in total. The first kappa shape index (κ1) is 23.8. The summed E-state index contributed by atoms with van der Waals surface area (Å²) in [6, 6.07) is 20.5. The normalized spacial score (nSPS) is 11.9. The number of nitrogens with zero attached hydrogens (tertiary/aromatic N) is 2. The molecule has 0 radical (unpaired) electrons. The zero-order valence-corrected chi connectivity index (χ0v) is 19.1. The average molecular weight is 468 g/mol. The lowest BCUT2D eigenvalue weighted by Crippen LogP contribution is -2.45. The standard InChI is InChI=1S/C24H25N3O5S/c1-26(19-13-15-20(32-2)16-14-19)23(28)17-22(18-9-5-3-6-10-18)27(24(25)29)33(30,31)21-11-7-4-8-12-21/h3-16,22H,17H2,1-2H3,(H2,25,29)/t22-/m0/s1. The van der Waals surface area contributed by atoms with Crippen molar-refractivity contribution in [2.75, 3.05) is 19.1 Å². The molecule has 3 amide bonds. The Morgan fingerprint density at radius 1 is 0.909 bits per heavy atom. The smallest absolute Gasteiger partial charge is 0.329 e. The van der Waals surface area contributed by atoms with Gasteiger partial charge in [0, 0.05) is 12.7 Å². The quantitative estimate of drug-likeness (QED) is 0.545. The molecule has 0 unspecified atom stereocenters. The van der Waals surface area contributed by atoms with E-state index in [1.54, 1.807) is 87.0 Å². The first-order valence-electron chi connectivity index (χ1n) is 10.1. The molecule has 0 saturated carbocycles. The molecule has 9 heteroatoms. The topological polar surface area (TPSA) is 110 Å². The third kappa shape index (κ3) is 5.32. The monoisotopic (exact) mass is 467 g/mol. The summed E-state index contributed by atoms with van der Waals surface area (Å²) in [6.07, 6.45) is -0.304. The van der Waals surface area contributed by atoms with Crippen LogP contribution < -0.4 is 15.4 Å². The molecule has 0 fully saturated rings. The number of carbonyl (C=O) groups is 2. The number of nitrogens with two attached hydrogens (primary N) is 1. The number of hydrogen-bond acceptors (Lipinski definition) is 5. The molecule has 3 aromatic carbocycles. The van der Waals surface area contributed by atoms with Crippen LogP contribution in [-0.2, 0) is 14.8 Å².